The van der Waals surface area contributed by atoms with Crippen molar-refractivity contribution in [3.8, 4) is 11.5 Å². The van der Waals surface area contributed by atoms with E-state index in [4.69, 9.17) is 9.47 Å². The minimum Gasteiger partial charge on any atom is -0.496 e. The van der Waals surface area contributed by atoms with Crippen molar-refractivity contribution in [3.05, 3.63) is 47.3 Å². The van der Waals surface area contributed by atoms with Gasteiger partial charge in [0.05, 0.1) is 24.8 Å². The highest BCUT2D eigenvalue weighted by atomic mass is 32.2. The molecule has 0 radical (unpaired) electrons. The second-order valence-corrected chi connectivity index (χ2v) is 6.69. The number of rotatable bonds is 5. The van der Waals surface area contributed by atoms with Crippen LogP contribution in [-0.2, 0) is 10.0 Å². The number of anilines is 1. The van der Waals surface area contributed by atoms with Gasteiger partial charge in [0.25, 0.3) is 10.0 Å². The van der Waals surface area contributed by atoms with Crippen LogP contribution in [0.25, 0.3) is 0 Å². The maximum Gasteiger partial charge on any atom is 0.262 e. The molecule has 2 aromatic carbocycles. The van der Waals surface area contributed by atoms with E-state index in [1.807, 2.05) is 0 Å². The van der Waals surface area contributed by atoms with Crippen LogP contribution >= 0.6 is 0 Å². The van der Waals surface area contributed by atoms with E-state index in [1.165, 1.54) is 32.4 Å². The number of halogens is 1. The summed E-state index contributed by atoms with van der Waals surface area (Å²) in [5.41, 5.74) is 1.25. The van der Waals surface area contributed by atoms with Gasteiger partial charge in [0, 0.05) is 6.07 Å². The minimum atomic E-state index is -3.89. The van der Waals surface area contributed by atoms with Gasteiger partial charge in [-0.15, -0.1) is 0 Å². The van der Waals surface area contributed by atoms with Gasteiger partial charge < -0.3 is 9.47 Å². The average molecular weight is 339 g/mol. The number of nitrogens with one attached hydrogen (secondary N) is 1. The van der Waals surface area contributed by atoms with Crippen LogP contribution in [-0.4, -0.2) is 22.6 Å². The molecule has 0 bridgehead atoms. The summed E-state index contributed by atoms with van der Waals surface area (Å²) >= 11 is 0. The van der Waals surface area contributed by atoms with Gasteiger partial charge in [-0.05, 0) is 49.2 Å². The van der Waals surface area contributed by atoms with Gasteiger partial charge in [-0.1, -0.05) is 0 Å². The van der Waals surface area contributed by atoms with E-state index in [-0.39, 0.29) is 16.3 Å². The molecule has 0 saturated heterocycles. The fourth-order valence-corrected chi connectivity index (χ4v) is 3.61. The van der Waals surface area contributed by atoms with Crippen molar-refractivity contribution in [1.29, 1.82) is 0 Å². The van der Waals surface area contributed by atoms with Crippen molar-refractivity contribution in [3.63, 3.8) is 0 Å². The van der Waals surface area contributed by atoms with E-state index in [2.05, 4.69) is 4.72 Å². The Morgan fingerprint density at radius 2 is 1.61 bits per heavy atom. The molecule has 0 fully saturated rings. The molecule has 5 nitrogen and oxygen atoms in total. The summed E-state index contributed by atoms with van der Waals surface area (Å²) < 4.78 is 51.2. The van der Waals surface area contributed by atoms with Gasteiger partial charge in [0.15, 0.2) is 0 Å². The van der Waals surface area contributed by atoms with Crippen LogP contribution in [0.1, 0.15) is 11.1 Å². The molecule has 0 unspecified atom stereocenters. The summed E-state index contributed by atoms with van der Waals surface area (Å²) in [4.78, 5) is 0.0992. The van der Waals surface area contributed by atoms with E-state index >= 15 is 0 Å². The Morgan fingerprint density at radius 3 is 2.22 bits per heavy atom. The molecule has 0 heterocycles. The molecule has 0 aliphatic rings. The third-order valence-electron chi connectivity index (χ3n) is 3.39. The summed E-state index contributed by atoms with van der Waals surface area (Å²) in [5, 5.41) is 0. The lowest BCUT2D eigenvalue weighted by Gasteiger charge is -2.15. The van der Waals surface area contributed by atoms with Gasteiger partial charge in [0.1, 0.15) is 17.3 Å². The highest BCUT2D eigenvalue weighted by Crippen LogP contribution is 2.30. The quantitative estimate of drug-likeness (QED) is 0.908. The van der Waals surface area contributed by atoms with E-state index in [1.54, 1.807) is 19.9 Å². The molecule has 0 aliphatic heterocycles. The van der Waals surface area contributed by atoms with E-state index < -0.39 is 15.8 Å². The molecule has 1 N–H and O–H groups in total. The maximum atomic E-state index is 13.4. The predicted octanol–water partition coefficient (Wildman–Crippen LogP) is 3.26. The second-order valence-electron chi connectivity index (χ2n) is 5.04. The van der Waals surface area contributed by atoms with Crippen LogP contribution in [0, 0.1) is 19.7 Å². The lowest BCUT2D eigenvalue weighted by molar-refractivity contribution is 0.411. The molecule has 124 valence electrons. The topological polar surface area (TPSA) is 64.6 Å². The molecule has 0 aromatic heterocycles. The molecule has 0 amide bonds. The lowest BCUT2D eigenvalue weighted by atomic mass is 10.1. The van der Waals surface area contributed by atoms with Crippen molar-refractivity contribution in [2.75, 3.05) is 18.9 Å². The number of aryl methyl sites for hydroxylation is 2. The Kier molecular flexibility index (Phi) is 4.79. The third kappa shape index (κ3) is 3.56. The van der Waals surface area contributed by atoms with Crippen molar-refractivity contribution < 1.29 is 22.3 Å². The third-order valence-corrected chi connectivity index (χ3v) is 4.90. The number of hydrogen-bond donors (Lipinski definition) is 1. The van der Waals surface area contributed by atoms with Gasteiger partial charge >= 0.3 is 0 Å². The maximum absolute atomic E-state index is 13.4. The van der Waals surface area contributed by atoms with Gasteiger partial charge in [-0.25, -0.2) is 12.8 Å². The largest absolute Gasteiger partial charge is 0.496 e. The predicted molar refractivity (Wildman–Crippen MR) is 86.2 cm³/mol. The average Bonchev–Trinajstić information content (AvgIpc) is 2.48. The van der Waals surface area contributed by atoms with E-state index in [9.17, 15) is 12.8 Å². The molecule has 0 spiro atoms. The van der Waals surface area contributed by atoms with Crippen LogP contribution in [0.3, 0.4) is 0 Å². The molecule has 2 aromatic rings. The minimum absolute atomic E-state index is 0.0420. The Hall–Kier alpha value is -2.28. The lowest BCUT2D eigenvalue weighted by Crippen LogP contribution is -2.15. The summed E-state index contributed by atoms with van der Waals surface area (Å²) in [7, 11) is -0.991. The number of sulfonamides is 1. The number of hydrogen-bond acceptors (Lipinski definition) is 4. The molecule has 23 heavy (non-hydrogen) atoms. The normalized spacial score (nSPS) is 11.2. The Morgan fingerprint density at radius 1 is 0.957 bits per heavy atom. The number of benzene rings is 2. The van der Waals surface area contributed by atoms with Gasteiger partial charge in [-0.3, -0.25) is 4.72 Å². The van der Waals surface area contributed by atoms with Crippen LogP contribution in [0.2, 0.25) is 0 Å². The Balaban J connectivity index is 2.48. The van der Waals surface area contributed by atoms with E-state index in [0.717, 1.165) is 6.07 Å². The summed E-state index contributed by atoms with van der Waals surface area (Å²) in [6, 6.07) is 6.79. The van der Waals surface area contributed by atoms with Crippen LogP contribution in [0.5, 0.6) is 11.5 Å². The van der Waals surface area contributed by atoms with Gasteiger partial charge in [-0.2, -0.15) is 0 Å². The first-order valence-electron chi connectivity index (χ1n) is 6.80. The summed E-state index contributed by atoms with van der Waals surface area (Å²) in [6.45, 7) is 3.42. The standard InChI is InChI=1S/C16H18FNO4S/c1-10-8-16(11(2)7-15(10)22-4)23(19,20)18-13-9-12(17)5-6-14(13)21-3/h5-9,18H,1-4H3. The van der Waals surface area contributed by atoms with Crippen molar-refractivity contribution in [2.24, 2.45) is 0 Å². The molecular formula is C16H18FNO4S. The smallest absolute Gasteiger partial charge is 0.262 e. The van der Waals surface area contributed by atoms with Crippen LogP contribution in [0.4, 0.5) is 10.1 Å². The summed E-state index contributed by atoms with van der Waals surface area (Å²) in [6.07, 6.45) is 0. The molecule has 0 saturated carbocycles. The molecule has 0 aliphatic carbocycles. The Bertz CT molecular complexity index is 834. The zero-order chi connectivity index (χ0) is 17.2. The van der Waals surface area contributed by atoms with Crippen molar-refractivity contribution in [1.82, 2.24) is 0 Å². The monoisotopic (exact) mass is 339 g/mol. The van der Waals surface area contributed by atoms with Crippen molar-refractivity contribution in [2.45, 2.75) is 18.7 Å². The fourth-order valence-electron chi connectivity index (χ4n) is 2.23. The molecule has 7 heteroatoms. The highest BCUT2D eigenvalue weighted by molar-refractivity contribution is 7.92. The first-order valence-corrected chi connectivity index (χ1v) is 8.28. The summed E-state index contributed by atoms with van der Waals surface area (Å²) in [5.74, 6) is 0.272. The number of ether oxygens (including phenoxy) is 2. The molecule has 2 rings (SSSR count). The fraction of sp³-hybridized carbons (Fsp3) is 0.250. The SMILES string of the molecule is COc1cc(C)c(S(=O)(=O)Nc2cc(F)ccc2OC)cc1C. The Labute approximate surface area is 135 Å². The zero-order valence-electron chi connectivity index (χ0n) is 13.3. The van der Waals surface area contributed by atoms with E-state index in [0.29, 0.717) is 16.9 Å². The first kappa shape index (κ1) is 17.1. The van der Waals surface area contributed by atoms with Gasteiger partial charge in [0.2, 0.25) is 0 Å². The molecule has 0 atom stereocenters. The van der Waals surface area contributed by atoms with Crippen molar-refractivity contribution >= 4 is 15.7 Å². The first-order chi connectivity index (χ1) is 10.8. The zero-order valence-corrected chi connectivity index (χ0v) is 14.1. The molecular weight excluding hydrogens is 321 g/mol. The second kappa shape index (κ2) is 6.45. The number of methoxy groups -OCH3 is 2. The van der Waals surface area contributed by atoms with Crippen LogP contribution < -0.4 is 14.2 Å². The van der Waals surface area contributed by atoms with Crippen LogP contribution in [0.15, 0.2) is 35.2 Å². The highest BCUT2D eigenvalue weighted by Gasteiger charge is 2.20.